The summed E-state index contributed by atoms with van der Waals surface area (Å²) in [5, 5.41) is 8.44. The molecule has 0 radical (unpaired) electrons. The number of pyridine rings is 1. The fourth-order valence-corrected chi connectivity index (χ4v) is 5.30. The van der Waals surface area contributed by atoms with Gasteiger partial charge in [0.05, 0.1) is 38.5 Å². The molecule has 1 saturated carbocycles. The van der Waals surface area contributed by atoms with Crippen LogP contribution in [0.1, 0.15) is 12.8 Å². The number of nitrogens with one attached hydrogen (secondary N) is 3. The van der Waals surface area contributed by atoms with Crippen LogP contribution in [0.2, 0.25) is 0 Å². The molecule has 3 N–H and O–H groups in total. The molecule has 1 fully saturated rings. The van der Waals surface area contributed by atoms with Crippen LogP contribution < -0.4 is 16.0 Å². The van der Waals surface area contributed by atoms with Crippen molar-refractivity contribution < 1.29 is 18.4 Å². The third-order valence-corrected chi connectivity index (χ3v) is 7.77. The Morgan fingerprint density at radius 2 is 1.64 bits per heavy atom. The molecule has 1 aliphatic rings. The molecule has 3 aromatic heterocycles. The number of nitrogens with zero attached hydrogens (tertiary/aromatic N) is 3. The standard InChI is InChI=1S/C28H22F2N6O2S/c1-36-14-23(32-15-36)24-13-22-25(39-24)21(8-11-31-22)35-20-7-6-18(12-19(20)30)34-27(38)28(9-10-28)26(37)33-17-4-2-16(29)3-5-17/h2-8,11-15H,9-10H2,1H3,(H,31,35)(H,33,37)(H,34,38). The van der Waals surface area contributed by atoms with Crippen molar-refractivity contribution in [3.63, 3.8) is 0 Å². The molecule has 3 heterocycles. The summed E-state index contributed by atoms with van der Waals surface area (Å²) in [5.74, 6) is -1.99. The van der Waals surface area contributed by atoms with E-state index in [1.165, 1.54) is 47.7 Å². The Balaban J connectivity index is 1.16. The highest BCUT2D eigenvalue weighted by atomic mass is 32.1. The van der Waals surface area contributed by atoms with Gasteiger partial charge >= 0.3 is 0 Å². The van der Waals surface area contributed by atoms with Crippen molar-refractivity contribution in [2.24, 2.45) is 12.5 Å². The van der Waals surface area contributed by atoms with E-state index in [0.29, 0.717) is 24.2 Å². The second-order valence-electron chi connectivity index (χ2n) is 9.42. The molecular formula is C28H22F2N6O2S. The zero-order chi connectivity index (χ0) is 27.1. The molecule has 0 bridgehead atoms. The molecule has 0 spiro atoms. The number of halogens is 2. The normalized spacial score (nSPS) is 13.7. The topological polar surface area (TPSA) is 101 Å². The van der Waals surface area contributed by atoms with Gasteiger partial charge in [0.15, 0.2) is 0 Å². The maximum absolute atomic E-state index is 15.1. The van der Waals surface area contributed by atoms with E-state index in [4.69, 9.17) is 0 Å². The minimum atomic E-state index is -1.24. The van der Waals surface area contributed by atoms with Crippen molar-refractivity contribution in [3.05, 3.63) is 85.0 Å². The molecular weight excluding hydrogens is 522 g/mol. The predicted molar refractivity (Wildman–Crippen MR) is 147 cm³/mol. The number of carbonyl (C=O) groups excluding carboxylic acids is 2. The molecule has 6 rings (SSSR count). The molecule has 196 valence electrons. The van der Waals surface area contributed by atoms with E-state index in [1.807, 2.05) is 23.9 Å². The van der Waals surface area contributed by atoms with Crippen LogP contribution >= 0.6 is 11.3 Å². The van der Waals surface area contributed by atoms with Crippen molar-refractivity contribution in [1.82, 2.24) is 14.5 Å². The van der Waals surface area contributed by atoms with Crippen LogP contribution in [0.3, 0.4) is 0 Å². The van der Waals surface area contributed by atoms with Crippen LogP contribution in [-0.2, 0) is 16.6 Å². The second kappa shape index (κ2) is 9.59. The fraction of sp³-hybridized carbons (Fsp3) is 0.143. The van der Waals surface area contributed by atoms with E-state index in [2.05, 4.69) is 25.9 Å². The zero-order valence-electron chi connectivity index (χ0n) is 20.7. The first kappa shape index (κ1) is 24.7. The number of rotatable bonds is 7. The molecule has 0 aliphatic heterocycles. The summed E-state index contributed by atoms with van der Waals surface area (Å²) in [6.07, 6.45) is 6.03. The van der Waals surface area contributed by atoms with Gasteiger partial charge in [-0.15, -0.1) is 11.3 Å². The molecule has 8 nitrogen and oxygen atoms in total. The molecule has 2 aromatic carbocycles. The van der Waals surface area contributed by atoms with Gasteiger partial charge in [-0.25, -0.2) is 13.8 Å². The summed E-state index contributed by atoms with van der Waals surface area (Å²) in [7, 11) is 1.90. The van der Waals surface area contributed by atoms with E-state index in [0.717, 1.165) is 20.8 Å². The van der Waals surface area contributed by atoms with Gasteiger partial charge in [-0.1, -0.05) is 0 Å². The number of hydrogen-bond acceptors (Lipinski definition) is 6. The summed E-state index contributed by atoms with van der Waals surface area (Å²) < 4.78 is 31.0. The third-order valence-electron chi connectivity index (χ3n) is 6.59. The van der Waals surface area contributed by atoms with Gasteiger partial charge in [-0.05, 0) is 67.4 Å². The number of aryl methyl sites for hydroxylation is 1. The minimum absolute atomic E-state index is 0.225. The van der Waals surface area contributed by atoms with Gasteiger partial charge in [-0.2, -0.15) is 0 Å². The van der Waals surface area contributed by atoms with Crippen molar-refractivity contribution in [3.8, 4) is 10.6 Å². The highest BCUT2D eigenvalue weighted by Crippen LogP contribution is 2.47. The van der Waals surface area contributed by atoms with Crippen LogP contribution in [0.5, 0.6) is 0 Å². The average Bonchev–Trinajstić information content (AvgIpc) is 3.44. The van der Waals surface area contributed by atoms with Crippen molar-refractivity contribution in [1.29, 1.82) is 0 Å². The van der Waals surface area contributed by atoms with Crippen LogP contribution in [0.25, 0.3) is 20.8 Å². The number of carbonyl (C=O) groups is 2. The summed E-state index contributed by atoms with van der Waals surface area (Å²) in [5.41, 5.74) is 1.90. The number of aromatic nitrogens is 3. The number of anilines is 4. The number of benzene rings is 2. The van der Waals surface area contributed by atoms with Crippen LogP contribution in [-0.4, -0.2) is 26.3 Å². The van der Waals surface area contributed by atoms with Crippen LogP contribution in [0.15, 0.2) is 73.3 Å². The lowest BCUT2D eigenvalue weighted by atomic mass is 10.0. The van der Waals surface area contributed by atoms with E-state index in [9.17, 15) is 14.0 Å². The zero-order valence-corrected chi connectivity index (χ0v) is 21.5. The number of hydrogen-bond donors (Lipinski definition) is 3. The lowest BCUT2D eigenvalue weighted by Crippen LogP contribution is -2.35. The van der Waals surface area contributed by atoms with Gasteiger partial charge in [-0.3, -0.25) is 14.6 Å². The average molecular weight is 545 g/mol. The number of imidazole rings is 1. The monoisotopic (exact) mass is 544 g/mol. The molecule has 11 heteroatoms. The van der Waals surface area contributed by atoms with Gasteiger partial charge < -0.3 is 20.5 Å². The Kier molecular flexibility index (Phi) is 6.07. The first-order valence-electron chi connectivity index (χ1n) is 12.1. The maximum atomic E-state index is 15.1. The first-order chi connectivity index (χ1) is 18.8. The molecule has 0 atom stereocenters. The van der Waals surface area contributed by atoms with E-state index < -0.39 is 28.9 Å². The van der Waals surface area contributed by atoms with E-state index in [-0.39, 0.29) is 11.4 Å². The molecule has 0 unspecified atom stereocenters. The maximum Gasteiger partial charge on any atom is 0.240 e. The van der Waals surface area contributed by atoms with Gasteiger partial charge in [0.25, 0.3) is 0 Å². The Morgan fingerprint density at radius 3 is 2.31 bits per heavy atom. The quantitative estimate of drug-likeness (QED) is 0.216. The second-order valence-corrected chi connectivity index (χ2v) is 10.5. The van der Waals surface area contributed by atoms with Gasteiger partial charge in [0.1, 0.15) is 17.0 Å². The van der Waals surface area contributed by atoms with Crippen molar-refractivity contribution in [2.45, 2.75) is 12.8 Å². The van der Waals surface area contributed by atoms with Gasteiger partial charge in [0.2, 0.25) is 11.8 Å². The Labute approximate surface area is 225 Å². The Morgan fingerprint density at radius 1 is 0.923 bits per heavy atom. The predicted octanol–water partition coefficient (Wildman–Crippen LogP) is 6.08. The van der Waals surface area contributed by atoms with E-state index >= 15 is 4.39 Å². The Hall–Kier alpha value is -4.64. The smallest absolute Gasteiger partial charge is 0.240 e. The molecule has 5 aromatic rings. The lowest BCUT2D eigenvalue weighted by molar-refractivity contribution is -0.131. The summed E-state index contributed by atoms with van der Waals surface area (Å²) in [4.78, 5) is 35.5. The third kappa shape index (κ3) is 4.84. The molecule has 0 saturated heterocycles. The first-order valence-corrected chi connectivity index (χ1v) is 12.9. The molecule has 39 heavy (non-hydrogen) atoms. The largest absolute Gasteiger partial charge is 0.352 e. The molecule has 2 amide bonds. The fourth-order valence-electron chi connectivity index (χ4n) is 4.26. The molecule has 1 aliphatic carbocycles. The van der Waals surface area contributed by atoms with E-state index in [1.54, 1.807) is 24.7 Å². The SMILES string of the molecule is Cn1cnc(-c2cc3nccc(Nc4ccc(NC(=O)C5(C(=O)Nc6ccc(F)cc6)CC5)cc4F)c3s2)c1. The van der Waals surface area contributed by atoms with Crippen LogP contribution in [0.4, 0.5) is 31.5 Å². The van der Waals surface area contributed by atoms with Gasteiger partial charge in [0, 0.05) is 30.8 Å². The number of amides is 2. The number of fused-ring (bicyclic) bond motifs is 1. The van der Waals surface area contributed by atoms with Crippen molar-refractivity contribution in [2.75, 3.05) is 16.0 Å². The lowest BCUT2D eigenvalue weighted by Gasteiger charge is -2.16. The summed E-state index contributed by atoms with van der Waals surface area (Å²) in [6.45, 7) is 0. The van der Waals surface area contributed by atoms with Crippen LogP contribution in [0, 0.1) is 17.0 Å². The summed E-state index contributed by atoms with van der Waals surface area (Å²) in [6, 6.07) is 13.3. The highest BCUT2D eigenvalue weighted by molar-refractivity contribution is 7.22. The van der Waals surface area contributed by atoms with Crippen molar-refractivity contribution >= 4 is 56.1 Å². The highest BCUT2D eigenvalue weighted by Gasteiger charge is 2.56. The minimum Gasteiger partial charge on any atom is -0.352 e. The number of thiophene rings is 1. The Bertz CT molecular complexity index is 1730. The summed E-state index contributed by atoms with van der Waals surface area (Å²) >= 11 is 1.50.